The minimum Gasteiger partial charge on any atom is -0.497 e. The molecule has 8 nitrogen and oxygen atoms in total. The van der Waals surface area contributed by atoms with Gasteiger partial charge in [-0.3, -0.25) is 14.7 Å². The normalized spacial score (nSPS) is 10.6. The smallest absolute Gasteiger partial charge is 0.265 e. The lowest BCUT2D eigenvalue weighted by Crippen LogP contribution is -2.12. The summed E-state index contributed by atoms with van der Waals surface area (Å²) in [6.07, 6.45) is 0. The van der Waals surface area contributed by atoms with Crippen molar-refractivity contribution in [3.63, 3.8) is 0 Å². The van der Waals surface area contributed by atoms with E-state index in [4.69, 9.17) is 9.47 Å². The second-order valence-electron chi connectivity index (χ2n) is 6.27. The standard InChI is InChI=1S/C21H18N4O4S/c1-28-13-7-5-6-12(10-13)19(26)23-18-14-11-17(30-21(14)25-24-18)20(27)22-15-8-3-4-9-16(15)29-2/h3-11H,1-2H3,(H,22,27)(H2,23,24,25,26). The van der Waals surface area contributed by atoms with Gasteiger partial charge >= 0.3 is 0 Å². The number of benzene rings is 2. The van der Waals surface area contributed by atoms with Gasteiger partial charge in [0.2, 0.25) is 0 Å². The van der Waals surface area contributed by atoms with Gasteiger partial charge in [0.1, 0.15) is 16.3 Å². The van der Waals surface area contributed by atoms with E-state index in [2.05, 4.69) is 20.8 Å². The molecular formula is C21H18N4O4S. The number of H-pyrrole nitrogens is 1. The fourth-order valence-electron chi connectivity index (χ4n) is 2.90. The van der Waals surface area contributed by atoms with E-state index >= 15 is 0 Å². The van der Waals surface area contributed by atoms with Gasteiger partial charge < -0.3 is 20.1 Å². The summed E-state index contributed by atoms with van der Waals surface area (Å²) in [5, 5.41) is 13.3. The van der Waals surface area contributed by atoms with Gasteiger partial charge in [0.25, 0.3) is 11.8 Å². The van der Waals surface area contributed by atoms with Crippen LogP contribution in [0.2, 0.25) is 0 Å². The summed E-state index contributed by atoms with van der Waals surface area (Å²) in [7, 11) is 3.08. The lowest BCUT2D eigenvalue weighted by Gasteiger charge is -2.08. The van der Waals surface area contributed by atoms with E-state index in [-0.39, 0.29) is 11.8 Å². The van der Waals surface area contributed by atoms with Gasteiger partial charge in [-0.2, -0.15) is 5.10 Å². The van der Waals surface area contributed by atoms with E-state index in [1.54, 1.807) is 49.6 Å². The highest BCUT2D eigenvalue weighted by atomic mass is 32.1. The fourth-order valence-corrected chi connectivity index (χ4v) is 3.80. The fraction of sp³-hybridized carbons (Fsp3) is 0.0952. The Hall–Kier alpha value is -3.85. The first-order chi connectivity index (χ1) is 14.6. The molecule has 4 aromatic rings. The molecule has 0 saturated heterocycles. The predicted molar refractivity (Wildman–Crippen MR) is 116 cm³/mol. The summed E-state index contributed by atoms with van der Waals surface area (Å²) in [6, 6.07) is 15.7. The van der Waals surface area contributed by atoms with Gasteiger partial charge in [0, 0.05) is 5.56 Å². The highest BCUT2D eigenvalue weighted by Gasteiger charge is 2.18. The van der Waals surface area contributed by atoms with Gasteiger partial charge in [0.05, 0.1) is 30.2 Å². The Labute approximate surface area is 175 Å². The number of aromatic nitrogens is 2. The molecule has 30 heavy (non-hydrogen) atoms. The maximum absolute atomic E-state index is 12.7. The van der Waals surface area contributed by atoms with Gasteiger partial charge in [-0.15, -0.1) is 11.3 Å². The molecule has 0 aliphatic rings. The van der Waals surface area contributed by atoms with Crippen molar-refractivity contribution >= 4 is 44.9 Å². The molecule has 2 amide bonds. The van der Waals surface area contributed by atoms with Crippen LogP contribution < -0.4 is 20.1 Å². The minimum atomic E-state index is -0.325. The Balaban J connectivity index is 1.54. The molecular weight excluding hydrogens is 404 g/mol. The molecule has 0 spiro atoms. The summed E-state index contributed by atoms with van der Waals surface area (Å²) >= 11 is 1.25. The van der Waals surface area contributed by atoms with E-state index in [1.165, 1.54) is 18.4 Å². The molecule has 0 atom stereocenters. The van der Waals surface area contributed by atoms with E-state index in [9.17, 15) is 9.59 Å². The Kier molecular flexibility index (Phi) is 5.36. The summed E-state index contributed by atoms with van der Waals surface area (Å²) in [5.74, 6) is 0.902. The lowest BCUT2D eigenvalue weighted by atomic mass is 10.2. The van der Waals surface area contributed by atoms with Gasteiger partial charge in [-0.25, -0.2) is 0 Å². The highest BCUT2D eigenvalue weighted by molar-refractivity contribution is 7.20. The predicted octanol–water partition coefficient (Wildman–Crippen LogP) is 4.15. The molecule has 2 aromatic heterocycles. The second kappa shape index (κ2) is 8.26. The number of methoxy groups -OCH3 is 2. The molecule has 0 fully saturated rings. The zero-order valence-corrected chi connectivity index (χ0v) is 17.0. The van der Waals surface area contributed by atoms with Gasteiger partial charge in [0.15, 0.2) is 5.82 Å². The number of carbonyl (C=O) groups is 2. The molecule has 9 heteroatoms. The van der Waals surface area contributed by atoms with Crippen LogP contribution in [0, 0.1) is 0 Å². The number of carbonyl (C=O) groups excluding carboxylic acids is 2. The molecule has 2 heterocycles. The highest BCUT2D eigenvalue weighted by Crippen LogP contribution is 2.31. The third-order valence-electron chi connectivity index (χ3n) is 4.40. The average Bonchev–Trinajstić information content (AvgIpc) is 3.36. The number of anilines is 2. The number of nitrogens with one attached hydrogen (secondary N) is 3. The molecule has 0 aliphatic carbocycles. The molecule has 0 saturated carbocycles. The summed E-state index contributed by atoms with van der Waals surface area (Å²) < 4.78 is 10.4. The van der Waals surface area contributed by atoms with Crippen LogP contribution in [0.1, 0.15) is 20.0 Å². The molecule has 152 valence electrons. The van der Waals surface area contributed by atoms with Crippen LogP contribution in [0.15, 0.2) is 54.6 Å². The van der Waals surface area contributed by atoms with Crippen molar-refractivity contribution in [3.05, 3.63) is 65.0 Å². The van der Waals surface area contributed by atoms with Crippen molar-refractivity contribution in [2.24, 2.45) is 0 Å². The van der Waals surface area contributed by atoms with Crippen molar-refractivity contribution in [2.45, 2.75) is 0 Å². The maximum atomic E-state index is 12.7. The van der Waals surface area contributed by atoms with Crippen molar-refractivity contribution in [3.8, 4) is 11.5 Å². The topological polar surface area (TPSA) is 105 Å². The molecule has 2 aromatic carbocycles. The number of hydrogen-bond donors (Lipinski definition) is 3. The van der Waals surface area contributed by atoms with Crippen LogP contribution in [0.5, 0.6) is 11.5 Å². The number of amides is 2. The Morgan fingerprint density at radius 3 is 2.60 bits per heavy atom. The maximum Gasteiger partial charge on any atom is 0.265 e. The van der Waals surface area contributed by atoms with Gasteiger partial charge in [-0.05, 0) is 36.4 Å². The van der Waals surface area contributed by atoms with Crippen LogP contribution in [0.3, 0.4) is 0 Å². The quantitative estimate of drug-likeness (QED) is 0.433. The van der Waals surface area contributed by atoms with E-state index in [0.717, 1.165) is 0 Å². The minimum absolute atomic E-state index is 0.279. The number of hydrogen-bond acceptors (Lipinski definition) is 6. The van der Waals surface area contributed by atoms with E-state index in [1.807, 2.05) is 12.1 Å². The summed E-state index contributed by atoms with van der Waals surface area (Å²) in [5.41, 5.74) is 1.02. The number of fused-ring (bicyclic) bond motifs is 1. The third kappa shape index (κ3) is 3.83. The Bertz CT molecular complexity index is 1230. The first-order valence-corrected chi connectivity index (χ1v) is 9.78. The lowest BCUT2D eigenvalue weighted by molar-refractivity contribution is 0.102. The zero-order chi connectivity index (χ0) is 21.1. The van der Waals surface area contributed by atoms with Crippen LogP contribution in [-0.4, -0.2) is 36.2 Å². The molecule has 0 radical (unpaired) electrons. The van der Waals surface area contributed by atoms with Crippen molar-refractivity contribution < 1.29 is 19.1 Å². The van der Waals surface area contributed by atoms with Crippen molar-refractivity contribution in [1.82, 2.24) is 10.2 Å². The number of aromatic amines is 1. The number of ether oxygens (including phenoxy) is 2. The number of para-hydroxylation sites is 2. The van der Waals surface area contributed by atoms with Crippen LogP contribution in [0.25, 0.3) is 10.2 Å². The third-order valence-corrected chi connectivity index (χ3v) is 5.44. The first kappa shape index (κ1) is 19.5. The average molecular weight is 422 g/mol. The van der Waals surface area contributed by atoms with E-state index < -0.39 is 0 Å². The molecule has 0 unspecified atom stereocenters. The molecule has 0 bridgehead atoms. The SMILES string of the molecule is COc1cccc(C(=O)Nc2n[nH]c3sc(C(=O)Nc4ccccc4OC)cc23)c1. The molecule has 0 aliphatic heterocycles. The molecule has 4 rings (SSSR count). The number of nitrogens with zero attached hydrogens (tertiary/aromatic N) is 1. The van der Waals surface area contributed by atoms with Crippen molar-refractivity contribution in [1.29, 1.82) is 0 Å². The largest absolute Gasteiger partial charge is 0.497 e. The van der Waals surface area contributed by atoms with Crippen molar-refractivity contribution in [2.75, 3.05) is 24.9 Å². The summed E-state index contributed by atoms with van der Waals surface area (Å²) in [4.78, 5) is 26.4. The first-order valence-electron chi connectivity index (χ1n) is 8.96. The Morgan fingerprint density at radius 2 is 1.80 bits per heavy atom. The number of rotatable bonds is 6. The van der Waals surface area contributed by atoms with Crippen LogP contribution >= 0.6 is 11.3 Å². The van der Waals surface area contributed by atoms with Crippen LogP contribution in [0.4, 0.5) is 11.5 Å². The second-order valence-corrected chi connectivity index (χ2v) is 7.32. The zero-order valence-electron chi connectivity index (χ0n) is 16.2. The summed E-state index contributed by atoms with van der Waals surface area (Å²) in [6.45, 7) is 0. The van der Waals surface area contributed by atoms with E-state index in [0.29, 0.717) is 43.7 Å². The Morgan fingerprint density at radius 1 is 0.967 bits per heavy atom. The van der Waals surface area contributed by atoms with Gasteiger partial charge in [-0.1, -0.05) is 18.2 Å². The number of thiophene rings is 1. The monoisotopic (exact) mass is 422 g/mol. The molecule has 3 N–H and O–H groups in total. The van der Waals surface area contributed by atoms with Crippen LogP contribution in [-0.2, 0) is 0 Å².